The fourth-order valence-electron chi connectivity index (χ4n) is 1.34. The Kier molecular flexibility index (Phi) is 7.36. The normalized spacial score (nSPS) is 16.4. The lowest BCUT2D eigenvalue weighted by Gasteiger charge is -2.36. The van der Waals surface area contributed by atoms with Crippen molar-refractivity contribution in [3.8, 4) is 0 Å². The van der Waals surface area contributed by atoms with E-state index in [2.05, 4.69) is 40.4 Å². The first-order valence-corrected chi connectivity index (χ1v) is 9.52. The predicted molar refractivity (Wildman–Crippen MR) is 79.4 cm³/mol. The van der Waals surface area contributed by atoms with E-state index >= 15 is 0 Å². The lowest BCUT2D eigenvalue weighted by atomic mass is 10.1. The number of aliphatic hydroxyl groups excluding tert-OH is 1. The minimum absolute atomic E-state index is 0.0760. The Hall–Kier alpha value is -0.163. The Labute approximate surface area is 113 Å². The maximum absolute atomic E-state index is 9.89. The summed E-state index contributed by atoms with van der Waals surface area (Å²) in [7, 11) is -0.0607. The standard InChI is InChI=1S/C14H30O3Si/c1-8-13(16-5)11-12(15)9-10-17-18(6,7)14(2,3)4/h8,12-13,15H,1,9-11H2,2-7H3/t12-,13-/m0/s1. The molecule has 0 fully saturated rings. The van der Waals surface area contributed by atoms with Gasteiger partial charge in [-0.1, -0.05) is 26.8 Å². The predicted octanol–water partition coefficient (Wildman–Crippen LogP) is 3.35. The summed E-state index contributed by atoms with van der Waals surface area (Å²) in [6, 6.07) is 0. The van der Waals surface area contributed by atoms with Crippen molar-refractivity contribution in [3.05, 3.63) is 12.7 Å². The third-order valence-corrected chi connectivity index (χ3v) is 8.33. The first-order valence-electron chi connectivity index (χ1n) is 6.61. The molecule has 0 saturated heterocycles. The molecule has 0 radical (unpaired) electrons. The van der Waals surface area contributed by atoms with Crippen LogP contribution in [0.25, 0.3) is 0 Å². The third kappa shape index (κ3) is 6.14. The van der Waals surface area contributed by atoms with Crippen LogP contribution < -0.4 is 0 Å². The summed E-state index contributed by atoms with van der Waals surface area (Å²) in [5.41, 5.74) is 0. The second-order valence-electron chi connectivity index (χ2n) is 6.30. The van der Waals surface area contributed by atoms with E-state index in [0.29, 0.717) is 19.4 Å². The van der Waals surface area contributed by atoms with Gasteiger partial charge in [0.15, 0.2) is 8.32 Å². The van der Waals surface area contributed by atoms with Gasteiger partial charge in [-0.15, -0.1) is 6.58 Å². The molecule has 0 bridgehead atoms. The Balaban J connectivity index is 4.01. The summed E-state index contributed by atoms with van der Waals surface area (Å²) >= 11 is 0. The summed E-state index contributed by atoms with van der Waals surface area (Å²) in [5.74, 6) is 0. The van der Waals surface area contributed by atoms with E-state index in [4.69, 9.17) is 9.16 Å². The summed E-state index contributed by atoms with van der Waals surface area (Å²) in [4.78, 5) is 0. The lowest BCUT2D eigenvalue weighted by Crippen LogP contribution is -2.41. The molecule has 18 heavy (non-hydrogen) atoms. The second-order valence-corrected chi connectivity index (χ2v) is 11.1. The quantitative estimate of drug-likeness (QED) is 0.545. The number of ether oxygens (including phenoxy) is 1. The fourth-order valence-corrected chi connectivity index (χ4v) is 2.40. The van der Waals surface area contributed by atoms with Crippen LogP contribution in [0.15, 0.2) is 12.7 Å². The highest BCUT2D eigenvalue weighted by molar-refractivity contribution is 6.74. The topological polar surface area (TPSA) is 38.7 Å². The van der Waals surface area contributed by atoms with Crippen molar-refractivity contribution < 1.29 is 14.3 Å². The highest BCUT2D eigenvalue weighted by atomic mass is 28.4. The van der Waals surface area contributed by atoms with E-state index in [1.165, 1.54) is 0 Å². The second kappa shape index (κ2) is 7.43. The van der Waals surface area contributed by atoms with Gasteiger partial charge >= 0.3 is 0 Å². The molecule has 0 unspecified atom stereocenters. The first-order chi connectivity index (χ1) is 8.14. The van der Waals surface area contributed by atoms with Gasteiger partial charge in [-0.3, -0.25) is 0 Å². The molecule has 108 valence electrons. The monoisotopic (exact) mass is 274 g/mol. The van der Waals surface area contributed by atoms with Gasteiger partial charge in [0.05, 0.1) is 12.2 Å². The van der Waals surface area contributed by atoms with Crippen molar-refractivity contribution in [1.29, 1.82) is 0 Å². The molecular formula is C14H30O3Si. The summed E-state index contributed by atoms with van der Waals surface area (Å²) in [5, 5.41) is 10.1. The molecule has 0 spiro atoms. The number of methoxy groups -OCH3 is 1. The summed E-state index contributed by atoms with van der Waals surface area (Å²) in [6.07, 6.45) is 2.49. The van der Waals surface area contributed by atoms with Gasteiger partial charge in [-0.25, -0.2) is 0 Å². The molecule has 1 N–H and O–H groups in total. The van der Waals surface area contributed by atoms with Crippen molar-refractivity contribution in [2.45, 2.75) is 64.0 Å². The smallest absolute Gasteiger partial charge is 0.191 e. The van der Waals surface area contributed by atoms with Gasteiger partial charge in [-0.2, -0.15) is 0 Å². The van der Waals surface area contributed by atoms with E-state index in [-0.39, 0.29) is 11.1 Å². The van der Waals surface area contributed by atoms with Gasteiger partial charge in [0.25, 0.3) is 0 Å². The molecule has 0 aliphatic heterocycles. The molecule has 2 atom stereocenters. The van der Waals surface area contributed by atoms with E-state index in [1.807, 2.05) is 0 Å². The molecule has 0 aliphatic carbocycles. The maximum atomic E-state index is 9.89. The first kappa shape index (κ1) is 17.8. The van der Waals surface area contributed by atoms with Gasteiger partial charge in [-0.05, 0) is 24.6 Å². The minimum Gasteiger partial charge on any atom is -0.417 e. The Morgan fingerprint density at radius 2 is 1.89 bits per heavy atom. The number of hydrogen-bond donors (Lipinski definition) is 1. The molecule has 0 saturated carbocycles. The molecule has 4 heteroatoms. The molecule has 0 rings (SSSR count). The molecule has 0 aromatic carbocycles. The summed E-state index contributed by atoms with van der Waals surface area (Å²) in [6.45, 7) is 15.4. The highest BCUT2D eigenvalue weighted by Gasteiger charge is 2.36. The van der Waals surface area contributed by atoms with Crippen LogP contribution in [0.1, 0.15) is 33.6 Å². The van der Waals surface area contributed by atoms with E-state index in [0.717, 1.165) is 0 Å². The molecular weight excluding hydrogens is 244 g/mol. The van der Waals surface area contributed by atoms with E-state index in [9.17, 15) is 5.11 Å². The number of rotatable bonds is 8. The minimum atomic E-state index is -1.69. The SMILES string of the molecule is C=C[C@@H](C[C@@H](O)CCO[Si](C)(C)C(C)(C)C)OC. The van der Waals surface area contributed by atoms with Crippen LogP contribution >= 0.6 is 0 Å². The van der Waals surface area contributed by atoms with Gasteiger partial charge < -0.3 is 14.3 Å². The molecule has 0 aliphatic rings. The van der Waals surface area contributed by atoms with Crippen LogP contribution in [0, 0.1) is 0 Å². The lowest BCUT2D eigenvalue weighted by molar-refractivity contribution is 0.0596. The van der Waals surface area contributed by atoms with Crippen molar-refractivity contribution in [2.24, 2.45) is 0 Å². The zero-order valence-electron chi connectivity index (χ0n) is 12.8. The Morgan fingerprint density at radius 3 is 2.28 bits per heavy atom. The third-order valence-electron chi connectivity index (χ3n) is 3.79. The van der Waals surface area contributed by atoms with Crippen LogP contribution in [0.5, 0.6) is 0 Å². The average molecular weight is 274 g/mol. The largest absolute Gasteiger partial charge is 0.417 e. The van der Waals surface area contributed by atoms with Gasteiger partial charge in [0.2, 0.25) is 0 Å². The number of aliphatic hydroxyl groups is 1. The van der Waals surface area contributed by atoms with E-state index in [1.54, 1.807) is 13.2 Å². The van der Waals surface area contributed by atoms with Gasteiger partial charge in [0, 0.05) is 20.1 Å². The Bertz CT molecular complexity index is 246. The molecule has 3 nitrogen and oxygen atoms in total. The van der Waals surface area contributed by atoms with Gasteiger partial charge in [0.1, 0.15) is 0 Å². The molecule has 0 aromatic heterocycles. The van der Waals surface area contributed by atoms with Crippen LogP contribution in [-0.4, -0.2) is 39.3 Å². The molecule has 0 heterocycles. The molecule has 0 amide bonds. The van der Waals surface area contributed by atoms with Crippen LogP contribution in [0.3, 0.4) is 0 Å². The van der Waals surface area contributed by atoms with Crippen LogP contribution in [0.2, 0.25) is 18.1 Å². The van der Waals surface area contributed by atoms with Crippen molar-refractivity contribution in [2.75, 3.05) is 13.7 Å². The average Bonchev–Trinajstić information content (AvgIpc) is 2.24. The maximum Gasteiger partial charge on any atom is 0.191 e. The van der Waals surface area contributed by atoms with Crippen molar-refractivity contribution >= 4 is 8.32 Å². The molecule has 0 aromatic rings. The van der Waals surface area contributed by atoms with E-state index < -0.39 is 14.4 Å². The zero-order valence-corrected chi connectivity index (χ0v) is 13.8. The van der Waals surface area contributed by atoms with Crippen LogP contribution in [-0.2, 0) is 9.16 Å². The van der Waals surface area contributed by atoms with Crippen LogP contribution in [0.4, 0.5) is 0 Å². The van der Waals surface area contributed by atoms with Crippen molar-refractivity contribution in [3.63, 3.8) is 0 Å². The summed E-state index contributed by atoms with van der Waals surface area (Å²) < 4.78 is 11.2. The Morgan fingerprint density at radius 1 is 1.33 bits per heavy atom. The zero-order chi connectivity index (χ0) is 14.4. The highest BCUT2D eigenvalue weighted by Crippen LogP contribution is 2.36. The fraction of sp³-hybridized carbons (Fsp3) is 0.857. The number of hydrogen-bond acceptors (Lipinski definition) is 3. The van der Waals surface area contributed by atoms with Crippen molar-refractivity contribution in [1.82, 2.24) is 0 Å².